The molecule has 0 saturated carbocycles. The number of pyridine rings is 1. The van der Waals surface area contributed by atoms with E-state index in [0.29, 0.717) is 19.6 Å². The lowest BCUT2D eigenvalue weighted by Gasteiger charge is -2.16. The smallest absolute Gasteiger partial charge is 0.139 e. The third-order valence-corrected chi connectivity index (χ3v) is 5.24. The standard InChI is InChI=1S/C23H24FN5O2/c1-29-13-20(11-27-29)28-23-22-12-25-19(7-16(22)10-26-23)9-21(30)8-17(14-31-2)15-3-5-18(24)6-4-15/h3-7,11-13,17H,8-10,14H2,1-2H3,(H,26,28)/t17-/m1/s1. The fourth-order valence-corrected chi connectivity index (χ4v) is 3.72. The highest BCUT2D eigenvalue weighted by Gasteiger charge is 2.20. The summed E-state index contributed by atoms with van der Waals surface area (Å²) in [5.41, 5.74) is 4.44. The third-order valence-electron chi connectivity index (χ3n) is 5.24. The number of rotatable bonds is 8. The number of methoxy groups -OCH3 is 1. The van der Waals surface area contributed by atoms with Crippen molar-refractivity contribution in [2.45, 2.75) is 25.3 Å². The quantitative estimate of drug-likeness (QED) is 0.604. The van der Waals surface area contributed by atoms with Gasteiger partial charge in [-0.25, -0.2) is 4.39 Å². The molecule has 1 N–H and O–H groups in total. The Balaban J connectivity index is 1.40. The highest BCUT2D eigenvalue weighted by molar-refractivity contribution is 6.10. The van der Waals surface area contributed by atoms with Crippen LogP contribution in [-0.2, 0) is 29.5 Å². The van der Waals surface area contributed by atoms with Crippen LogP contribution in [0.3, 0.4) is 0 Å². The van der Waals surface area contributed by atoms with Crippen LogP contribution in [0.15, 0.2) is 53.9 Å². The zero-order valence-corrected chi connectivity index (χ0v) is 17.5. The van der Waals surface area contributed by atoms with Gasteiger partial charge in [0.05, 0.1) is 25.0 Å². The first-order valence-electron chi connectivity index (χ1n) is 10.1. The van der Waals surface area contributed by atoms with Gasteiger partial charge in [0.2, 0.25) is 0 Å². The lowest BCUT2D eigenvalue weighted by atomic mass is 9.93. The Labute approximate surface area is 180 Å². The molecule has 0 amide bonds. The maximum atomic E-state index is 13.2. The minimum Gasteiger partial charge on any atom is -0.384 e. The summed E-state index contributed by atoms with van der Waals surface area (Å²) in [6.45, 7) is 0.940. The second-order valence-corrected chi connectivity index (χ2v) is 7.65. The molecule has 0 unspecified atom stereocenters. The fourth-order valence-electron chi connectivity index (χ4n) is 3.72. The number of fused-ring (bicyclic) bond motifs is 1. The highest BCUT2D eigenvalue weighted by Crippen LogP contribution is 2.23. The van der Waals surface area contributed by atoms with Crippen LogP contribution in [0.1, 0.15) is 34.7 Å². The molecule has 0 aliphatic carbocycles. The van der Waals surface area contributed by atoms with Crippen LogP contribution < -0.4 is 5.32 Å². The number of carbonyl (C=O) groups is 1. The summed E-state index contributed by atoms with van der Waals surface area (Å²) in [5.74, 6) is 0.399. The Morgan fingerprint density at radius 2 is 2.10 bits per heavy atom. The maximum absolute atomic E-state index is 13.2. The van der Waals surface area contributed by atoms with Crippen molar-refractivity contribution in [2.24, 2.45) is 12.0 Å². The number of ether oxygens (including phenoxy) is 1. The van der Waals surface area contributed by atoms with Gasteiger partial charge in [-0.1, -0.05) is 12.1 Å². The molecule has 4 rings (SSSR count). The van der Waals surface area contributed by atoms with E-state index in [1.165, 1.54) is 12.1 Å². The average molecular weight is 421 g/mol. The fraction of sp³-hybridized carbons (Fsp3) is 0.304. The van der Waals surface area contributed by atoms with E-state index >= 15 is 0 Å². The van der Waals surface area contributed by atoms with Crippen molar-refractivity contribution in [2.75, 3.05) is 19.0 Å². The monoisotopic (exact) mass is 421 g/mol. The Kier molecular flexibility index (Phi) is 6.18. The summed E-state index contributed by atoms with van der Waals surface area (Å²) >= 11 is 0. The number of hydrogen-bond acceptors (Lipinski definition) is 6. The van der Waals surface area contributed by atoms with Crippen LogP contribution in [0.5, 0.6) is 0 Å². The van der Waals surface area contributed by atoms with E-state index in [9.17, 15) is 9.18 Å². The van der Waals surface area contributed by atoms with E-state index in [1.54, 1.807) is 36.3 Å². The topological polar surface area (TPSA) is 81.4 Å². The van der Waals surface area contributed by atoms with Gasteiger partial charge < -0.3 is 10.1 Å². The molecule has 3 aromatic rings. The van der Waals surface area contributed by atoms with Crippen molar-refractivity contribution in [1.82, 2.24) is 14.8 Å². The first kappa shape index (κ1) is 20.9. The van der Waals surface area contributed by atoms with Gasteiger partial charge in [-0.15, -0.1) is 0 Å². The van der Waals surface area contributed by atoms with E-state index in [-0.39, 0.29) is 23.9 Å². The lowest BCUT2D eigenvalue weighted by molar-refractivity contribution is -0.119. The summed E-state index contributed by atoms with van der Waals surface area (Å²) < 4.78 is 20.2. The molecule has 2 aromatic heterocycles. The third kappa shape index (κ3) is 5.03. The number of ketones is 1. The van der Waals surface area contributed by atoms with E-state index in [1.807, 2.05) is 19.3 Å². The summed E-state index contributed by atoms with van der Waals surface area (Å²) in [6, 6.07) is 8.16. The van der Waals surface area contributed by atoms with Crippen LogP contribution in [0.2, 0.25) is 0 Å². The minimum absolute atomic E-state index is 0.0615. The predicted octanol–water partition coefficient (Wildman–Crippen LogP) is 3.26. The SMILES string of the molecule is COC[C@@H](CC(=O)Cc1cc2c(cn1)C(Nc1cnn(C)c1)=NC2)c1ccc(F)cc1. The predicted molar refractivity (Wildman–Crippen MR) is 116 cm³/mol. The minimum atomic E-state index is -0.298. The maximum Gasteiger partial charge on any atom is 0.139 e. The summed E-state index contributed by atoms with van der Waals surface area (Å²) in [6.07, 6.45) is 5.92. The van der Waals surface area contributed by atoms with Gasteiger partial charge in [0, 0.05) is 56.6 Å². The number of benzene rings is 1. The van der Waals surface area contributed by atoms with Gasteiger partial charge in [-0.2, -0.15) is 5.10 Å². The number of anilines is 1. The molecule has 1 aliphatic heterocycles. The van der Waals surface area contributed by atoms with E-state index < -0.39 is 0 Å². The van der Waals surface area contributed by atoms with E-state index in [0.717, 1.165) is 33.9 Å². The molecule has 7 nitrogen and oxygen atoms in total. The van der Waals surface area contributed by atoms with E-state index in [2.05, 4.69) is 20.4 Å². The van der Waals surface area contributed by atoms with Crippen molar-refractivity contribution in [1.29, 1.82) is 0 Å². The molecule has 0 fully saturated rings. The Morgan fingerprint density at radius 1 is 1.29 bits per heavy atom. The summed E-state index contributed by atoms with van der Waals surface area (Å²) in [5, 5.41) is 7.40. The first-order valence-corrected chi connectivity index (χ1v) is 10.1. The van der Waals surface area contributed by atoms with Crippen LogP contribution in [0, 0.1) is 5.82 Å². The average Bonchev–Trinajstić information content (AvgIpc) is 3.34. The second-order valence-electron chi connectivity index (χ2n) is 7.65. The molecule has 3 heterocycles. The number of nitrogens with one attached hydrogen (secondary N) is 1. The zero-order valence-electron chi connectivity index (χ0n) is 17.5. The van der Waals surface area contributed by atoms with Crippen molar-refractivity contribution in [3.8, 4) is 0 Å². The molecule has 31 heavy (non-hydrogen) atoms. The number of hydrogen-bond donors (Lipinski definition) is 1. The molecule has 1 atom stereocenters. The van der Waals surface area contributed by atoms with Crippen molar-refractivity contribution < 1.29 is 13.9 Å². The zero-order chi connectivity index (χ0) is 21.8. The van der Waals surface area contributed by atoms with Gasteiger partial charge in [0.25, 0.3) is 0 Å². The normalized spacial score (nSPS) is 13.6. The summed E-state index contributed by atoms with van der Waals surface area (Å²) in [7, 11) is 3.45. The molecule has 0 spiro atoms. The number of amidine groups is 1. The molecule has 1 aromatic carbocycles. The molecule has 0 saturated heterocycles. The number of aromatic nitrogens is 3. The van der Waals surface area contributed by atoms with E-state index in [4.69, 9.17) is 4.74 Å². The number of aliphatic imine (C=N–C) groups is 1. The van der Waals surface area contributed by atoms with Crippen LogP contribution in [0.25, 0.3) is 0 Å². The lowest BCUT2D eigenvalue weighted by Crippen LogP contribution is -2.15. The molecule has 0 radical (unpaired) electrons. The van der Waals surface area contributed by atoms with Crippen molar-refractivity contribution in [3.05, 3.63) is 77.1 Å². The van der Waals surface area contributed by atoms with Gasteiger partial charge in [0.1, 0.15) is 17.4 Å². The van der Waals surface area contributed by atoms with Crippen LogP contribution >= 0.6 is 0 Å². The van der Waals surface area contributed by atoms with Gasteiger partial charge in [-0.05, 0) is 29.3 Å². The summed E-state index contributed by atoms with van der Waals surface area (Å²) in [4.78, 5) is 21.8. The number of nitrogens with zero attached hydrogens (tertiary/aromatic N) is 4. The van der Waals surface area contributed by atoms with Gasteiger partial charge in [0.15, 0.2) is 0 Å². The Hall–Kier alpha value is -3.39. The number of halogens is 1. The number of carbonyl (C=O) groups excluding carboxylic acids is 1. The molecule has 1 aliphatic rings. The molecule has 0 bridgehead atoms. The number of aryl methyl sites for hydroxylation is 1. The van der Waals surface area contributed by atoms with Crippen molar-refractivity contribution in [3.63, 3.8) is 0 Å². The Bertz CT molecular complexity index is 1110. The van der Waals surface area contributed by atoms with Gasteiger partial charge in [-0.3, -0.25) is 19.5 Å². The molecular weight excluding hydrogens is 397 g/mol. The highest BCUT2D eigenvalue weighted by atomic mass is 19.1. The molecule has 160 valence electrons. The first-order chi connectivity index (χ1) is 15.0. The second kappa shape index (κ2) is 9.18. The largest absolute Gasteiger partial charge is 0.384 e. The van der Waals surface area contributed by atoms with Crippen LogP contribution in [-0.4, -0.2) is 40.1 Å². The molecule has 8 heteroatoms. The molecular formula is C23H24FN5O2. The number of Topliss-reactive ketones (excluding diaryl/α,β-unsaturated/α-hetero) is 1. The van der Waals surface area contributed by atoms with Gasteiger partial charge >= 0.3 is 0 Å². The Morgan fingerprint density at radius 3 is 2.81 bits per heavy atom. The van der Waals surface area contributed by atoms with Crippen LogP contribution in [0.4, 0.5) is 10.1 Å². The van der Waals surface area contributed by atoms with Crippen molar-refractivity contribution >= 4 is 17.3 Å².